The molecule has 1 N–H and O–H groups in total. The molecule has 6 heteroatoms. The van der Waals surface area contributed by atoms with Gasteiger partial charge in [-0.1, -0.05) is 32.3 Å². The minimum atomic E-state index is -1.51. The lowest BCUT2D eigenvalue weighted by molar-refractivity contribution is 0.0406. The maximum absolute atomic E-state index is 12.5. The van der Waals surface area contributed by atoms with Gasteiger partial charge in [-0.15, -0.1) is 0 Å². The second kappa shape index (κ2) is 7.78. The van der Waals surface area contributed by atoms with E-state index >= 15 is 0 Å². The summed E-state index contributed by atoms with van der Waals surface area (Å²) in [7, 11) is 4.50. The topological polar surface area (TPSA) is 55.8 Å². The number of rotatable bonds is 5. The predicted octanol–water partition coefficient (Wildman–Crippen LogP) is 2.91. The molecular weight excluding hydrogens is 310 g/mol. The van der Waals surface area contributed by atoms with Crippen molar-refractivity contribution < 1.29 is 19.1 Å². The first kappa shape index (κ1) is 19.1. The SMILES string of the molecule is [B][C@@H]1O[C@H](C(C)C)[C@H](C[P+](=O)/C=C/[C@H]2O[C@@H](C)C(C)[C@H]2O)C1C. The second-order valence-electron chi connectivity index (χ2n) is 7.43. The molecule has 3 unspecified atom stereocenters. The van der Waals surface area contributed by atoms with E-state index in [-0.39, 0.29) is 42.1 Å². The van der Waals surface area contributed by atoms with Gasteiger partial charge in [-0.25, -0.2) is 0 Å². The van der Waals surface area contributed by atoms with Crippen molar-refractivity contribution in [1.29, 1.82) is 0 Å². The van der Waals surface area contributed by atoms with Crippen molar-refractivity contribution in [3.8, 4) is 0 Å². The Labute approximate surface area is 142 Å². The summed E-state index contributed by atoms with van der Waals surface area (Å²) in [4.78, 5) is 0. The summed E-state index contributed by atoms with van der Waals surface area (Å²) in [6, 6.07) is -0.276. The van der Waals surface area contributed by atoms with Gasteiger partial charge in [-0.05, 0) is 24.8 Å². The van der Waals surface area contributed by atoms with Crippen LogP contribution in [0.3, 0.4) is 0 Å². The maximum Gasteiger partial charge on any atom is 0.369 e. The van der Waals surface area contributed by atoms with Gasteiger partial charge in [0.2, 0.25) is 0 Å². The molecule has 128 valence electrons. The average molecular weight is 339 g/mol. The molecule has 2 aliphatic rings. The van der Waals surface area contributed by atoms with Crippen LogP contribution in [-0.4, -0.2) is 49.5 Å². The third-order valence-electron chi connectivity index (χ3n) is 5.41. The zero-order valence-electron chi connectivity index (χ0n) is 14.8. The first-order valence-electron chi connectivity index (χ1n) is 8.59. The van der Waals surface area contributed by atoms with E-state index in [4.69, 9.17) is 17.3 Å². The van der Waals surface area contributed by atoms with Crippen LogP contribution in [0.4, 0.5) is 0 Å². The smallest absolute Gasteiger partial charge is 0.369 e. The minimum Gasteiger partial charge on any atom is -0.390 e. The van der Waals surface area contributed by atoms with Crippen molar-refractivity contribution in [3.05, 3.63) is 11.9 Å². The Morgan fingerprint density at radius 3 is 2.39 bits per heavy atom. The van der Waals surface area contributed by atoms with Gasteiger partial charge >= 0.3 is 7.80 Å². The number of hydrogen-bond donors (Lipinski definition) is 1. The van der Waals surface area contributed by atoms with Gasteiger partial charge in [0, 0.05) is 17.8 Å². The summed E-state index contributed by atoms with van der Waals surface area (Å²) in [6.07, 6.45) is 1.51. The minimum absolute atomic E-state index is 0.0177. The number of hydrogen-bond acceptors (Lipinski definition) is 4. The van der Waals surface area contributed by atoms with Crippen molar-refractivity contribution >= 4 is 15.6 Å². The molecule has 2 heterocycles. The highest BCUT2D eigenvalue weighted by atomic mass is 31.1. The van der Waals surface area contributed by atoms with Crippen LogP contribution in [0.5, 0.6) is 0 Å². The van der Waals surface area contributed by atoms with E-state index in [9.17, 15) is 9.67 Å². The molecule has 0 aromatic heterocycles. The fraction of sp³-hybridized carbons (Fsp3) is 0.882. The number of aliphatic hydroxyl groups excluding tert-OH is 1. The largest absolute Gasteiger partial charge is 0.390 e. The molecule has 2 aliphatic heterocycles. The Morgan fingerprint density at radius 1 is 1.22 bits per heavy atom. The molecule has 23 heavy (non-hydrogen) atoms. The van der Waals surface area contributed by atoms with Gasteiger partial charge in [0.1, 0.15) is 14.0 Å². The summed E-state index contributed by atoms with van der Waals surface area (Å²) in [6.45, 7) is 10.2. The molecule has 4 nitrogen and oxygen atoms in total. The number of ether oxygens (including phenoxy) is 2. The standard InChI is InChI=1S/C17H29BO4P/c1-9(2)16-13(11(4)17(18)22-16)8-23(20)7-6-14-15(19)10(3)12(5)21-14/h6-7,9-17,19H,8H2,1-5H3/q+1/b7-6+/t10?,11?,12-,13+,14+,15+,16+,17+/m0/s1. The van der Waals surface area contributed by atoms with Crippen molar-refractivity contribution in [1.82, 2.24) is 0 Å². The highest BCUT2D eigenvalue weighted by Crippen LogP contribution is 2.41. The fourth-order valence-corrected chi connectivity index (χ4v) is 4.95. The molecule has 0 aliphatic carbocycles. The van der Waals surface area contributed by atoms with E-state index in [2.05, 4.69) is 20.8 Å². The van der Waals surface area contributed by atoms with Gasteiger partial charge in [-0.2, -0.15) is 0 Å². The molecular formula is C17H29BO4P+. The highest BCUT2D eigenvalue weighted by molar-refractivity contribution is 7.48. The van der Waals surface area contributed by atoms with E-state index in [0.717, 1.165) is 0 Å². The maximum atomic E-state index is 12.5. The first-order chi connectivity index (χ1) is 10.7. The van der Waals surface area contributed by atoms with E-state index in [1.54, 1.807) is 11.9 Å². The van der Waals surface area contributed by atoms with Crippen LogP contribution in [0.1, 0.15) is 34.6 Å². The molecule has 2 radical (unpaired) electrons. The molecule has 2 rings (SSSR count). The van der Waals surface area contributed by atoms with E-state index in [0.29, 0.717) is 12.1 Å². The Balaban J connectivity index is 1.95. The highest BCUT2D eigenvalue weighted by Gasteiger charge is 2.44. The van der Waals surface area contributed by atoms with Gasteiger partial charge in [-0.3, -0.25) is 0 Å². The first-order valence-corrected chi connectivity index (χ1v) is 10.1. The van der Waals surface area contributed by atoms with Crippen molar-refractivity contribution in [2.45, 2.75) is 65.0 Å². The average Bonchev–Trinajstić information content (AvgIpc) is 2.90. The van der Waals surface area contributed by atoms with Crippen LogP contribution in [0, 0.1) is 23.7 Å². The van der Waals surface area contributed by atoms with Gasteiger partial charge in [0.25, 0.3) is 0 Å². The Hall–Kier alpha value is -0.215. The summed E-state index contributed by atoms with van der Waals surface area (Å²) in [5.74, 6) is 2.54. The Bertz CT molecular complexity index is 456. The molecule has 0 spiro atoms. The normalized spacial score (nSPS) is 45.3. The molecule has 9 atom stereocenters. The quantitative estimate of drug-likeness (QED) is 0.618. The molecule has 0 aromatic rings. The van der Waals surface area contributed by atoms with Gasteiger partial charge in [0.05, 0.1) is 18.3 Å². The summed E-state index contributed by atoms with van der Waals surface area (Å²) in [5.41, 5.74) is 0. The fourth-order valence-electron chi connectivity index (χ4n) is 3.51. The molecule has 0 saturated carbocycles. The van der Waals surface area contributed by atoms with E-state index in [1.165, 1.54) is 0 Å². The summed E-state index contributed by atoms with van der Waals surface area (Å²) < 4.78 is 24.0. The van der Waals surface area contributed by atoms with Gasteiger partial charge in [0.15, 0.2) is 12.0 Å². The van der Waals surface area contributed by atoms with Crippen molar-refractivity contribution in [2.75, 3.05) is 6.16 Å². The van der Waals surface area contributed by atoms with Crippen molar-refractivity contribution in [2.24, 2.45) is 23.7 Å². The van der Waals surface area contributed by atoms with Crippen LogP contribution in [0.15, 0.2) is 11.9 Å². The lowest BCUT2D eigenvalue weighted by Gasteiger charge is -2.20. The lowest BCUT2D eigenvalue weighted by atomic mass is 9.80. The van der Waals surface area contributed by atoms with E-state index < -0.39 is 13.9 Å². The summed E-state index contributed by atoms with van der Waals surface area (Å²) in [5, 5.41) is 10.1. The van der Waals surface area contributed by atoms with Crippen LogP contribution < -0.4 is 0 Å². The zero-order valence-corrected chi connectivity index (χ0v) is 15.6. The number of aliphatic hydroxyl groups is 1. The zero-order chi connectivity index (χ0) is 17.3. The van der Waals surface area contributed by atoms with Crippen LogP contribution in [0.2, 0.25) is 0 Å². The monoisotopic (exact) mass is 339 g/mol. The lowest BCUT2D eigenvalue weighted by Crippen LogP contribution is -2.26. The van der Waals surface area contributed by atoms with Crippen LogP contribution >= 0.6 is 7.80 Å². The Morgan fingerprint density at radius 2 is 1.87 bits per heavy atom. The van der Waals surface area contributed by atoms with Crippen molar-refractivity contribution in [3.63, 3.8) is 0 Å². The predicted molar refractivity (Wildman–Crippen MR) is 93.0 cm³/mol. The molecule has 2 saturated heterocycles. The third-order valence-corrected chi connectivity index (χ3v) is 6.69. The second-order valence-corrected chi connectivity index (χ2v) is 8.93. The molecule has 0 amide bonds. The van der Waals surface area contributed by atoms with Crippen LogP contribution in [0.25, 0.3) is 0 Å². The third kappa shape index (κ3) is 4.25. The van der Waals surface area contributed by atoms with E-state index in [1.807, 2.05) is 13.8 Å². The Kier molecular flexibility index (Phi) is 6.46. The molecule has 0 bridgehead atoms. The molecule has 0 aromatic carbocycles. The van der Waals surface area contributed by atoms with Crippen LogP contribution in [-0.2, 0) is 14.0 Å². The van der Waals surface area contributed by atoms with Gasteiger partial charge < -0.3 is 14.6 Å². The summed E-state index contributed by atoms with van der Waals surface area (Å²) >= 11 is 0. The molecule has 2 fully saturated rings.